The van der Waals surface area contributed by atoms with E-state index in [1.807, 2.05) is 0 Å². The van der Waals surface area contributed by atoms with Crippen LogP contribution in [0.2, 0.25) is 0 Å². The van der Waals surface area contributed by atoms with E-state index in [9.17, 15) is 9.59 Å². The lowest BCUT2D eigenvalue weighted by molar-refractivity contribution is -0.114. The smallest absolute Gasteiger partial charge is 0.335 e. The lowest BCUT2D eigenvalue weighted by Crippen LogP contribution is -1.99. The molecule has 0 spiro atoms. The predicted molar refractivity (Wildman–Crippen MR) is 100 cm³/mol. The number of benzene rings is 1. The molecular weight excluding hydrogens is 316 g/mol. The van der Waals surface area contributed by atoms with Gasteiger partial charge >= 0.3 is 5.97 Å². The van der Waals surface area contributed by atoms with Crippen LogP contribution in [0.25, 0.3) is 0 Å². The predicted octanol–water partition coefficient (Wildman–Crippen LogP) is 5.42. The number of carboxylic acids is 1. The fourth-order valence-corrected chi connectivity index (χ4v) is 2.62. The number of carbonyl (C=O) groups excluding carboxylic acids is 1. The normalized spacial score (nSPS) is 10.4. The first kappa shape index (κ1) is 20.9. The van der Waals surface area contributed by atoms with E-state index in [0.29, 0.717) is 13.0 Å². The number of allylic oxidation sites excluding steroid dienone is 1. The molecule has 1 rings (SSSR count). The first-order chi connectivity index (χ1) is 12.1. The Kier molecular flexibility index (Phi) is 11.1. The number of carboxylic acid groups (broad SMARTS) is 1. The van der Waals surface area contributed by atoms with Crippen molar-refractivity contribution in [2.75, 3.05) is 6.61 Å². The Hall–Kier alpha value is -2.10. The average molecular weight is 346 g/mol. The quantitative estimate of drug-likeness (QED) is 0.340. The molecule has 0 unspecified atom stereocenters. The summed E-state index contributed by atoms with van der Waals surface area (Å²) in [5.74, 6) is -0.0446. The van der Waals surface area contributed by atoms with Gasteiger partial charge in [0.1, 0.15) is 5.75 Å². The third-order valence-electron chi connectivity index (χ3n) is 4.17. The number of hydrogen-bond acceptors (Lipinski definition) is 3. The van der Waals surface area contributed by atoms with Gasteiger partial charge in [-0.1, -0.05) is 51.5 Å². The Morgan fingerprint density at radius 1 is 0.880 bits per heavy atom. The van der Waals surface area contributed by atoms with Crippen LogP contribution in [0.3, 0.4) is 0 Å². The highest BCUT2D eigenvalue weighted by molar-refractivity contribution is 5.89. The van der Waals surface area contributed by atoms with Crippen molar-refractivity contribution in [3.05, 3.63) is 42.5 Å². The third kappa shape index (κ3) is 10.4. The lowest BCUT2D eigenvalue weighted by Gasteiger charge is -2.06. The minimum atomic E-state index is -0.920. The summed E-state index contributed by atoms with van der Waals surface area (Å²) in [6.07, 6.45) is 12.5. The van der Waals surface area contributed by atoms with Gasteiger partial charge in [-0.3, -0.25) is 4.79 Å². The molecule has 138 valence electrons. The maximum Gasteiger partial charge on any atom is 0.335 e. The van der Waals surface area contributed by atoms with Gasteiger partial charge in [0.25, 0.3) is 0 Å². The van der Waals surface area contributed by atoms with Crippen LogP contribution in [-0.2, 0) is 4.79 Å². The van der Waals surface area contributed by atoms with E-state index in [-0.39, 0.29) is 11.3 Å². The Morgan fingerprint density at radius 2 is 1.40 bits per heavy atom. The average Bonchev–Trinajstić information content (AvgIpc) is 2.62. The zero-order valence-corrected chi connectivity index (χ0v) is 15.0. The van der Waals surface area contributed by atoms with E-state index in [0.717, 1.165) is 31.4 Å². The van der Waals surface area contributed by atoms with Crippen molar-refractivity contribution in [1.82, 2.24) is 0 Å². The molecule has 0 bridgehead atoms. The molecule has 0 radical (unpaired) electrons. The molecule has 1 aromatic rings. The van der Waals surface area contributed by atoms with Crippen molar-refractivity contribution in [3.63, 3.8) is 0 Å². The Balaban J connectivity index is 1.89. The maximum atomic E-state index is 11.1. The molecule has 0 amide bonds. The van der Waals surface area contributed by atoms with Gasteiger partial charge in [-0.05, 0) is 43.2 Å². The standard InChI is InChI=1S/C21H30O4/c1-2-19(22)12-10-8-6-4-3-5-7-9-11-17-25-20-15-13-18(14-16-20)21(23)24/h2,13-16H,1,3-12,17H2,(H,23,24). The molecule has 4 nitrogen and oxygen atoms in total. The fourth-order valence-electron chi connectivity index (χ4n) is 2.62. The highest BCUT2D eigenvalue weighted by atomic mass is 16.5. The van der Waals surface area contributed by atoms with Gasteiger partial charge in [0.05, 0.1) is 12.2 Å². The van der Waals surface area contributed by atoms with Crippen LogP contribution < -0.4 is 4.74 Å². The second-order valence-electron chi connectivity index (χ2n) is 6.28. The van der Waals surface area contributed by atoms with Crippen molar-refractivity contribution in [2.45, 2.75) is 64.2 Å². The summed E-state index contributed by atoms with van der Waals surface area (Å²) in [4.78, 5) is 21.8. The second-order valence-corrected chi connectivity index (χ2v) is 6.28. The molecule has 25 heavy (non-hydrogen) atoms. The molecular formula is C21H30O4. The Morgan fingerprint density at radius 3 is 1.92 bits per heavy atom. The molecule has 0 heterocycles. The number of carbonyl (C=O) groups is 2. The van der Waals surface area contributed by atoms with Crippen molar-refractivity contribution in [2.24, 2.45) is 0 Å². The summed E-state index contributed by atoms with van der Waals surface area (Å²) in [7, 11) is 0. The van der Waals surface area contributed by atoms with E-state index in [1.54, 1.807) is 24.3 Å². The van der Waals surface area contributed by atoms with E-state index in [1.165, 1.54) is 38.2 Å². The van der Waals surface area contributed by atoms with Crippen molar-refractivity contribution >= 4 is 11.8 Å². The Labute approximate surface area is 150 Å². The number of aromatic carboxylic acids is 1. The molecule has 0 aliphatic heterocycles. The summed E-state index contributed by atoms with van der Waals surface area (Å²) in [6.45, 7) is 4.15. The number of ether oxygens (including phenoxy) is 1. The van der Waals surface area contributed by atoms with Crippen LogP contribution >= 0.6 is 0 Å². The van der Waals surface area contributed by atoms with Crippen LogP contribution in [0.15, 0.2) is 36.9 Å². The van der Waals surface area contributed by atoms with E-state index < -0.39 is 5.97 Å². The van der Waals surface area contributed by atoms with Crippen LogP contribution in [0.5, 0.6) is 5.75 Å². The fraction of sp³-hybridized carbons (Fsp3) is 0.524. The zero-order valence-electron chi connectivity index (χ0n) is 15.0. The second kappa shape index (κ2) is 13.2. The van der Waals surface area contributed by atoms with Gasteiger partial charge in [-0.15, -0.1) is 0 Å². The van der Waals surface area contributed by atoms with E-state index in [2.05, 4.69) is 6.58 Å². The first-order valence-electron chi connectivity index (χ1n) is 9.25. The number of ketones is 1. The van der Waals surface area contributed by atoms with Crippen LogP contribution in [0.1, 0.15) is 74.6 Å². The summed E-state index contributed by atoms with van der Waals surface area (Å²) in [5.41, 5.74) is 0.277. The van der Waals surface area contributed by atoms with Gasteiger partial charge in [0.15, 0.2) is 5.78 Å². The summed E-state index contributed by atoms with van der Waals surface area (Å²) in [5, 5.41) is 8.83. The number of rotatable bonds is 15. The minimum Gasteiger partial charge on any atom is -0.494 e. The number of unbranched alkanes of at least 4 members (excludes halogenated alkanes) is 8. The largest absolute Gasteiger partial charge is 0.494 e. The van der Waals surface area contributed by atoms with Crippen molar-refractivity contribution < 1.29 is 19.4 Å². The molecule has 0 aromatic heterocycles. The van der Waals surface area contributed by atoms with Crippen LogP contribution in [0.4, 0.5) is 0 Å². The maximum absolute atomic E-state index is 11.1. The van der Waals surface area contributed by atoms with Crippen molar-refractivity contribution in [1.29, 1.82) is 0 Å². The van der Waals surface area contributed by atoms with Gasteiger partial charge in [0.2, 0.25) is 0 Å². The van der Waals surface area contributed by atoms with Crippen molar-refractivity contribution in [3.8, 4) is 5.75 Å². The summed E-state index contributed by atoms with van der Waals surface area (Å²) in [6, 6.07) is 6.52. The zero-order chi connectivity index (χ0) is 18.3. The number of hydrogen-bond donors (Lipinski definition) is 1. The molecule has 1 N–H and O–H groups in total. The first-order valence-corrected chi connectivity index (χ1v) is 9.25. The third-order valence-corrected chi connectivity index (χ3v) is 4.17. The van der Waals surface area contributed by atoms with Gasteiger partial charge in [-0.2, -0.15) is 0 Å². The van der Waals surface area contributed by atoms with Gasteiger partial charge in [-0.25, -0.2) is 4.79 Å². The summed E-state index contributed by atoms with van der Waals surface area (Å²) < 4.78 is 5.61. The monoisotopic (exact) mass is 346 g/mol. The topological polar surface area (TPSA) is 63.6 Å². The molecule has 0 saturated carbocycles. The highest BCUT2D eigenvalue weighted by Gasteiger charge is 2.02. The molecule has 0 aliphatic rings. The molecule has 0 aliphatic carbocycles. The van der Waals surface area contributed by atoms with Gasteiger partial charge in [0, 0.05) is 6.42 Å². The Bertz CT molecular complexity index is 519. The molecule has 0 atom stereocenters. The SMILES string of the molecule is C=CC(=O)CCCCCCCCCCCOc1ccc(C(=O)O)cc1. The minimum absolute atomic E-state index is 0.153. The molecule has 4 heteroatoms. The van der Waals surface area contributed by atoms with E-state index >= 15 is 0 Å². The van der Waals surface area contributed by atoms with Gasteiger partial charge < -0.3 is 9.84 Å². The molecule has 0 saturated heterocycles. The molecule has 1 aromatic carbocycles. The van der Waals surface area contributed by atoms with Crippen LogP contribution in [0, 0.1) is 0 Å². The summed E-state index contributed by atoms with van der Waals surface area (Å²) >= 11 is 0. The lowest BCUT2D eigenvalue weighted by atomic mass is 10.1. The highest BCUT2D eigenvalue weighted by Crippen LogP contribution is 2.14. The molecule has 0 fully saturated rings. The van der Waals surface area contributed by atoms with Crippen LogP contribution in [-0.4, -0.2) is 23.5 Å². The van der Waals surface area contributed by atoms with E-state index in [4.69, 9.17) is 9.84 Å².